The number of benzene rings is 2. The fourth-order valence-corrected chi connectivity index (χ4v) is 6.44. The maximum atomic E-state index is 10.4. The number of pyridine rings is 1. The first-order valence-corrected chi connectivity index (χ1v) is 13.8. The summed E-state index contributed by atoms with van der Waals surface area (Å²) in [6, 6.07) is 19.2. The number of nitrogens with one attached hydrogen (secondary N) is 1. The van der Waals surface area contributed by atoms with E-state index in [0.29, 0.717) is 22.8 Å². The van der Waals surface area contributed by atoms with Gasteiger partial charge in [0, 0.05) is 16.0 Å². The molecule has 0 bridgehead atoms. The van der Waals surface area contributed by atoms with Gasteiger partial charge in [-0.15, -0.1) is 0 Å². The fourth-order valence-electron chi connectivity index (χ4n) is 6.31. The highest BCUT2D eigenvalue weighted by Gasteiger charge is 2.36. The predicted octanol–water partition coefficient (Wildman–Crippen LogP) is 4.51. The Kier molecular flexibility index (Phi) is 7.92. The van der Waals surface area contributed by atoms with Crippen molar-refractivity contribution in [3.63, 3.8) is 0 Å². The molecule has 2 saturated carbocycles. The summed E-state index contributed by atoms with van der Waals surface area (Å²) in [5.41, 5.74) is 2.58. The number of halogens is 2. The molecule has 6 rings (SSSR count). The molecular formula is C30H34Cl2N4O. The summed E-state index contributed by atoms with van der Waals surface area (Å²) in [4.78, 5) is 0. The minimum Gasteiger partial charge on any atom is -1.00 e. The van der Waals surface area contributed by atoms with Gasteiger partial charge in [-0.3, -0.25) is 5.32 Å². The molecule has 194 valence electrons. The highest BCUT2D eigenvalue weighted by Crippen LogP contribution is 2.34. The van der Waals surface area contributed by atoms with Crippen molar-refractivity contribution in [2.45, 2.75) is 76.3 Å². The number of hydrogen-bond acceptors (Lipinski definition) is 3. The molecule has 2 aromatic heterocycles. The van der Waals surface area contributed by atoms with Crippen LogP contribution < -0.4 is 22.3 Å². The van der Waals surface area contributed by atoms with Crippen LogP contribution in [0.3, 0.4) is 0 Å². The number of oxime groups is 1. The predicted molar refractivity (Wildman–Crippen MR) is 147 cm³/mol. The number of nitrogens with zero attached hydrogens (tertiary/aromatic N) is 3. The maximum absolute atomic E-state index is 10.4. The zero-order chi connectivity index (χ0) is 24.5. The smallest absolute Gasteiger partial charge is 0.264 e. The molecule has 2 fully saturated rings. The van der Waals surface area contributed by atoms with Crippen molar-refractivity contribution in [1.29, 1.82) is 0 Å². The van der Waals surface area contributed by atoms with Crippen molar-refractivity contribution >= 4 is 39.4 Å². The lowest BCUT2D eigenvalue weighted by molar-refractivity contribution is -0.712. The summed E-state index contributed by atoms with van der Waals surface area (Å²) >= 11 is 6.21. The Morgan fingerprint density at radius 3 is 2.27 bits per heavy atom. The van der Waals surface area contributed by atoms with E-state index in [9.17, 15) is 5.21 Å². The summed E-state index contributed by atoms with van der Waals surface area (Å²) in [5.74, 6) is 2.08. The Morgan fingerprint density at radius 1 is 0.892 bits per heavy atom. The first-order valence-electron chi connectivity index (χ1n) is 13.5. The van der Waals surface area contributed by atoms with Gasteiger partial charge in [-0.2, -0.15) is 0 Å². The Morgan fingerprint density at radius 2 is 1.57 bits per heavy atom. The molecule has 2 N–H and O–H groups in total. The van der Waals surface area contributed by atoms with Crippen LogP contribution in [0.1, 0.15) is 81.6 Å². The van der Waals surface area contributed by atoms with E-state index in [1.165, 1.54) is 62.1 Å². The minimum atomic E-state index is 0. The lowest BCUT2D eigenvalue weighted by Crippen LogP contribution is -3.00. The molecule has 2 aliphatic carbocycles. The lowest BCUT2D eigenvalue weighted by Gasteiger charge is -2.25. The molecule has 37 heavy (non-hydrogen) atoms. The van der Waals surface area contributed by atoms with Gasteiger partial charge in [0.15, 0.2) is 11.2 Å². The quantitative estimate of drug-likeness (QED) is 0.170. The topological polar surface area (TPSA) is 52.9 Å². The van der Waals surface area contributed by atoms with E-state index >= 15 is 0 Å². The van der Waals surface area contributed by atoms with Crippen LogP contribution >= 0.6 is 11.6 Å². The van der Waals surface area contributed by atoms with Gasteiger partial charge in [0.05, 0.1) is 18.3 Å². The number of fused-ring (bicyclic) bond motifs is 3. The summed E-state index contributed by atoms with van der Waals surface area (Å²) in [7, 11) is 0. The molecule has 0 aliphatic heterocycles. The second-order valence-corrected chi connectivity index (χ2v) is 10.8. The summed E-state index contributed by atoms with van der Waals surface area (Å²) in [6.45, 7) is 0. The first-order chi connectivity index (χ1) is 17.7. The Balaban J connectivity index is 0.00000280. The molecule has 0 atom stereocenters. The van der Waals surface area contributed by atoms with Gasteiger partial charge in [-0.05, 0) is 62.1 Å². The molecule has 2 aliphatic rings. The Bertz CT molecular complexity index is 1400. The van der Waals surface area contributed by atoms with Crippen LogP contribution in [0.4, 0.5) is 5.82 Å². The van der Waals surface area contributed by atoms with Gasteiger partial charge < -0.3 is 17.6 Å². The van der Waals surface area contributed by atoms with Gasteiger partial charge >= 0.3 is 0 Å². The van der Waals surface area contributed by atoms with Crippen LogP contribution in [0.2, 0.25) is 5.02 Å². The number of aromatic nitrogens is 2. The first kappa shape index (κ1) is 25.9. The molecular weight excluding hydrogens is 503 g/mol. The van der Waals surface area contributed by atoms with E-state index in [-0.39, 0.29) is 12.4 Å². The van der Waals surface area contributed by atoms with Gasteiger partial charge in [-0.1, -0.05) is 78.8 Å². The van der Waals surface area contributed by atoms with Crippen molar-refractivity contribution in [2.24, 2.45) is 5.16 Å². The third-order valence-corrected chi connectivity index (χ3v) is 8.35. The average Bonchev–Trinajstić information content (AvgIpc) is 3.25. The molecule has 5 nitrogen and oxygen atoms in total. The number of rotatable bonds is 5. The minimum absolute atomic E-state index is 0. The van der Waals surface area contributed by atoms with E-state index in [0.717, 1.165) is 35.6 Å². The zero-order valence-electron chi connectivity index (χ0n) is 21.0. The van der Waals surface area contributed by atoms with Crippen molar-refractivity contribution in [3.05, 3.63) is 77.2 Å². The summed E-state index contributed by atoms with van der Waals surface area (Å²) < 4.78 is 4.71. The van der Waals surface area contributed by atoms with Crippen LogP contribution in [-0.2, 0) is 0 Å². The fraction of sp³-hybridized carbons (Fsp3) is 0.400. The van der Waals surface area contributed by atoms with Gasteiger partial charge in [0.2, 0.25) is 0 Å². The van der Waals surface area contributed by atoms with Crippen LogP contribution in [0, 0.1) is 0 Å². The molecule has 0 unspecified atom stereocenters. The van der Waals surface area contributed by atoms with Crippen LogP contribution in [0.15, 0.2) is 65.9 Å². The van der Waals surface area contributed by atoms with E-state index in [1.54, 1.807) is 0 Å². The van der Waals surface area contributed by atoms with Gasteiger partial charge in [-0.25, -0.2) is 8.97 Å². The van der Waals surface area contributed by atoms with Crippen LogP contribution in [0.25, 0.3) is 16.3 Å². The van der Waals surface area contributed by atoms with E-state index in [2.05, 4.69) is 56.0 Å². The van der Waals surface area contributed by atoms with E-state index in [4.69, 9.17) is 11.6 Å². The molecule has 0 saturated heterocycles. The summed E-state index contributed by atoms with van der Waals surface area (Å²) in [6.07, 6.45) is 14.4. The van der Waals surface area contributed by atoms with Crippen LogP contribution in [0.5, 0.6) is 0 Å². The maximum Gasteiger partial charge on any atom is 0.264 e. The highest BCUT2D eigenvalue weighted by molar-refractivity contribution is 6.30. The molecule has 2 heterocycles. The third kappa shape index (κ3) is 4.92. The lowest BCUT2D eigenvalue weighted by atomic mass is 9.94. The highest BCUT2D eigenvalue weighted by atomic mass is 35.5. The van der Waals surface area contributed by atoms with Crippen molar-refractivity contribution in [1.82, 2.24) is 4.40 Å². The molecule has 0 amide bonds. The number of hydrogen-bond donors (Lipinski definition) is 2. The third-order valence-electron chi connectivity index (χ3n) is 8.10. The summed E-state index contributed by atoms with van der Waals surface area (Å²) in [5, 5.41) is 21.5. The van der Waals surface area contributed by atoms with E-state index < -0.39 is 0 Å². The standard InChI is InChI=1S/C30H33ClN4O.ClH/c31-23-17-15-22(16-18-23)27(33-36)30-34-20-19-21-9-7-8-14-26(21)28(34)29(32-24-10-3-1-4-11-24)35(30)25-12-5-2-6-13-25;/h7-9,14-20,24-25,32H,1-6,10-13H2;1H. The second kappa shape index (κ2) is 11.3. The SMILES string of the molecule is O/N=C(/c1ccc(Cl)cc1)c1n2ccc3ccccc3c2c(NC2CCCCC2)[n+]1C1CCCCC1.[Cl-]. The Labute approximate surface area is 229 Å². The largest absolute Gasteiger partial charge is 1.00 e. The molecule has 2 aromatic carbocycles. The normalized spacial score (nSPS) is 17.7. The monoisotopic (exact) mass is 536 g/mol. The molecule has 0 spiro atoms. The van der Waals surface area contributed by atoms with Crippen molar-refractivity contribution in [3.8, 4) is 0 Å². The molecule has 7 heteroatoms. The van der Waals surface area contributed by atoms with Crippen molar-refractivity contribution in [2.75, 3.05) is 5.32 Å². The number of anilines is 1. The second-order valence-electron chi connectivity index (χ2n) is 10.4. The molecule has 0 radical (unpaired) electrons. The zero-order valence-corrected chi connectivity index (χ0v) is 22.6. The van der Waals surface area contributed by atoms with E-state index in [1.807, 2.05) is 24.3 Å². The number of imidazole rings is 1. The van der Waals surface area contributed by atoms with Gasteiger partial charge in [0.25, 0.3) is 11.6 Å². The molecule has 4 aromatic rings. The van der Waals surface area contributed by atoms with Crippen LogP contribution in [-0.4, -0.2) is 21.4 Å². The average molecular weight is 538 g/mol. The Hall–Kier alpha value is -2.76. The van der Waals surface area contributed by atoms with Gasteiger partial charge in [0.1, 0.15) is 0 Å². The van der Waals surface area contributed by atoms with Crippen molar-refractivity contribution < 1.29 is 22.2 Å².